The van der Waals surface area contributed by atoms with Crippen LogP contribution in [0, 0.1) is 5.92 Å². The lowest BCUT2D eigenvalue weighted by atomic mass is 9.99. The Morgan fingerprint density at radius 1 is 1.42 bits per heavy atom. The van der Waals surface area contributed by atoms with Crippen molar-refractivity contribution in [1.29, 1.82) is 0 Å². The van der Waals surface area contributed by atoms with Gasteiger partial charge in [0.15, 0.2) is 0 Å². The molecule has 1 aromatic rings. The van der Waals surface area contributed by atoms with Crippen molar-refractivity contribution in [1.82, 2.24) is 0 Å². The van der Waals surface area contributed by atoms with Gasteiger partial charge in [0.1, 0.15) is 5.75 Å². The second-order valence-corrected chi connectivity index (χ2v) is 6.08. The summed E-state index contributed by atoms with van der Waals surface area (Å²) in [5.41, 5.74) is 6.54. The van der Waals surface area contributed by atoms with Crippen LogP contribution in [0.25, 0.3) is 0 Å². The molecule has 0 saturated carbocycles. The van der Waals surface area contributed by atoms with Gasteiger partial charge in [-0.3, -0.25) is 4.79 Å². The van der Waals surface area contributed by atoms with Crippen LogP contribution in [0.2, 0.25) is 0 Å². The van der Waals surface area contributed by atoms with E-state index < -0.39 is 6.04 Å². The molecule has 0 aliphatic heterocycles. The van der Waals surface area contributed by atoms with E-state index in [2.05, 4.69) is 37.2 Å². The number of nitrogens with two attached hydrogens (primary N) is 1. The number of ether oxygens (including phenoxy) is 1. The molecule has 0 radical (unpaired) electrons. The van der Waals surface area contributed by atoms with Gasteiger partial charge < -0.3 is 15.8 Å². The molecular formula is C13H18Br2N2O2. The minimum Gasteiger partial charge on any atom is -0.495 e. The molecule has 1 rings (SSSR count). The van der Waals surface area contributed by atoms with Gasteiger partial charge in [-0.25, -0.2) is 0 Å². The number of hydrogen-bond acceptors (Lipinski definition) is 3. The van der Waals surface area contributed by atoms with E-state index >= 15 is 0 Å². The van der Waals surface area contributed by atoms with Crippen molar-refractivity contribution < 1.29 is 9.53 Å². The number of rotatable bonds is 5. The van der Waals surface area contributed by atoms with Crippen molar-refractivity contribution in [2.75, 3.05) is 12.4 Å². The number of methoxy groups -OCH3 is 1. The second kappa shape index (κ2) is 7.26. The molecule has 0 spiro atoms. The number of hydrogen-bond donors (Lipinski definition) is 2. The molecular weight excluding hydrogens is 376 g/mol. The van der Waals surface area contributed by atoms with Gasteiger partial charge in [-0.05, 0) is 43.8 Å². The Hall–Kier alpha value is -0.590. The van der Waals surface area contributed by atoms with Crippen LogP contribution in [0.4, 0.5) is 5.69 Å². The number of halogens is 2. The van der Waals surface area contributed by atoms with Gasteiger partial charge in [-0.2, -0.15) is 0 Å². The quantitative estimate of drug-likeness (QED) is 0.804. The number of carbonyl (C=O) groups excluding carboxylic acids is 1. The zero-order valence-electron chi connectivity index (χ0n) is 11.2. The molecule has 0 fully saturated rings. The summed E-state index contributed by atoms with van der Waals surface area (Å²) in [6.45, 7) is 3.97. The van der Waals surface area contributed by atoms with Crippen LogP contribution in [-0.2, 0) is 4.79 Å². The van der Waals surface area contributed by atoms with Crippen molar-refractivity contribution in [3.63, 3.8) is 0 Å². The fourth-order valence-electron chi connectivity index (χ4n) is 1.51. The monoisotopic (exact) mass is 392 g/mol. The molecule has 0 bridgehead atoms. The molecule has 4 nitrogen and oxygen atoms in total. The van der Waals surface area contributed by atoms with Crippen LogP contribution >= 0.6 is 31.9 Å². The van der Waals surface area contributed by atoms with Crippen molar-refractivity contribution in [2.45, 2.75) is 26.3 Å². The van der Waals surface area contributed by atoms with Gasteiger partial charge in [0.05, 0.1) is 23.3 Å². The summed E-state index contributed by atoms with van der Waals surface area (Å²) in [6.07, 6.45) is 0.861. The van der Waals surface area contributed by atoms with Crippen LogP contribution in [0.3, 0.4) is 0 Å². The zero-order chi connectivity index (χ0) is 14.6. The van der Waals surface area contributed by atoms with Gasteiger partial charge in [0.25, 0.3) is 0 Å². The lowest BCUT2D eigenvalue weighted by Crippen LogP contribution is -2.40. The first-order chi connectivity index (χ1) is 8.90. The summed E-state index contributed by atoms with van der Waals surface area (Å²) in [5, 5.41) is 2.82. The molecule has 0 heterocycles. The van der Waals surface area contributed by atoms with E-state index in [4.69, 9.17) is 10.5 Å². The molecule has 0 aliphatic carbocycles. The predicted molar refractivity (Wildman–Crippen MR) is 84.5 cm³/mol. The summed E-state index contributed by atoms with van der Waals surface area (Å²) >= 11 is 6.78. The summed E-state index contributed by atoms with van der Waals surface area (Å²) in [4.78, 5) is 12.0. The molecule has 2 atom stereocenters. The van der Waals surface area contributed by atoms with Crippen molar-refractivity contribution in [3.8, 4) is 5.75 Å². The Morgan fingerprint density at radius 3 is 2.58 bits per heavy atom. The second-order valence-electron chi connectivity index (χ2n) is 4.37. The first kappa shape index (κ1) is 16.5. The molecule has 0 saturated heterocycles. The van der Waals surface area contributed by atoms with Crippen molar-refractivity contribution in [2.24, 2.45) is 11.7 Å². The standard InChI is InChI=1S/C13H18Br2N2O2/c1-4-7(2)12(16)13(18)17-10-6-11(19-3)9(15)5-8(10)14/h5-7,12H,4,16H2,1-3H3,(H,17,18). The Balaban J connectivity index is 2.90. The third-order valence-electron chi connectivity index (χ3n) is 3.06. The highest BCUT2D eigenvalue weighted by atomic mass is 79.9. The molecule has 1 aromatic carbocycles. The highest BCUT2D eigenvalue weighted by molar-refractivity contribution is 9.11. The maximum atomic E-state index is 12.0. The van der Waals surface area contributed by atoms with Gasteiger partial charge in [0, 0.05) is 10.5 Å². The highest BCUT2D eigenvalue weighted by Crippen LogP contribution is 2.34. The SMILES string of the molecule is CCC(C)C(N)C(=O)Nc1cc(OC)c(Br)cc1Br. The minimum atomic E-state index is -0.522. The molecule has 19 heavy (non-hydrogen) atoms. The van der Waals surface area contributed by atoms with Crippen LogP contribution in [0.5, 0.6) is 5.75 Å². The number of carbonyl (C=O) groups is 1. The van der Waals surface area contributed by atoms with E-state index in [1.54, 1.807) is 13.2 Å². The number of benzene rings is 1. The van der Waals surface area contributed by atoms with Gasteiger partial charge >= 0.3 is 0 Å². The van der Waals surface area contributed by atoms with E-state index in [0.717, 1.165) is 15.4 Å². The van der Waals surface area contributed by atoms with Gasteiger partial charge in [-0.15, -0.1) is 0 Å². The number of nitrogens with one attached hydrogen (secondary N) is 1. The van der Waals surface area contributed by atoms with E-state index in [1.807, 2.05) is 19.9 Å². The highest BCUT2D eigenvalue weighted by Gasteiger charge is 2.20. The summed E-state index contributed by atoms with van der Waals surface area (Å²) in [5.74, 6) is 0.589. The van der Waals surface area contributed by atoms with Crippen LogP contribution < -0.4 is 15.8 Å². The average Bonchev–Trinajstić information content (AvgIpc) is 2.39. The first-order valence-electron chi connectivity index (χ1n) is 6.00. The summed E-state index contributed by atoms with van der Waals surface area (Å²) in [6, 6.07) is 3.05. The topological polar surface area (TPSA) is 64.4 Å². The molecule has 1 amide bonds. The Bertz CT molecular complexity index is 466. The summed E-state index contributed by atoms with van der Waals surface area (Å²) < 4.78 is 6.78. The van der Waals surface area contributed by atoms with Crippen molar-refractivity contribution in [3.05, 3.63) is 21.1 Å². The molecule has 3 N–H and O–H groups in total. The van der Waals surface area contributed by atoms with E-state index in [-0.39, 0.29) is 11.8 Å². The molecule has 0 aromatic heterocycles. The van der Waals surface area contributed by atoms with Crippen LogP contribution in [0.1, 0.15) is 20.3 Å². The molecule has 2 unspecified atom stereocenters. The van der Waals surface area contributed by atoms with Crippen LogP contribution in [-0.4, -0.2) is 19.1 Å². The van der Waals surface area contributed by atoms with Crippen LogP contribution in [0.15, 0.2) is 21.1 Å². The fourth-order valence-corrected chi connectivity index (χ4v) is 2.76. The molecule has 6 heteroatoms. The lowest BCUT2D eigenvalue weighted by molar-refractivity contribution is -0.118. The normalized spacial score (nSPS) is 13.8. The summed E-state index contributed by atoms with van der Waals surface area (Å²) in [7, 11) is 1.57. The third kappa shape index (κ3) is 4.19. The fraction of sp³-hybridized carbons (Fsp3) is 0.462. The zero-order valence-corrected chi connectivity index (χ0v) is 14.3. The Morgan fingerprint density at radius 2 is 2.05 bits per heavy atom. The Kier molecular flexibility index (Phi) is 6.29. The first-order valence-corrected chi connectivity index (χ1v) is 7.58. The maximum absolute atomic E-state index is 12.0. The third-order valence-corrected chi connectivity index (χ3v) is 4.33. The Labute approximate surface area is 130 Å². The largest absolute Gasteiger partial charge is 0.495 e. The predicted octanol–water partition coefficient (Wildman–Crippen LogP) is 3.53. The maximum Gasteiger partial charge on any atom is 0.241 e. The average molecular weight is 394 g/mol. The number of anilines is 1. The minimum absolute atomic E-state index is 0.135. The van der Waals surface area contributed by atoms with Gasteiger partial charge in [0.2, 0.25) is 5.91 Å². The van der Waals surface area contributed by atoms with E-state index in [1.165, 1.54) is 0 Å². The van der Waals surface area contributed by atoms with Crippen molar-refractivity contribution >= 4 is 43.5 Å². The lowest BCUT2D eigenvalue weighted by Gasteiger charge is -2.18. The van der Waals surface area contributed by atoms with Gasteiger partial charge in [-0.1, -0.05) is 20.3 Å². The smallest absolute Gasteiger partial charge is 0.241 e. The van der Waals surface area contributed by atoms with E-state index in [9.17, 15) is 4.79 Å². The van der Waals surface area contributed by atoms with E-state index in [0.29, 0.717) is 11.4 Å². The number of amides is 1. The molecule has 106 valence electrons. The molecule has 0 aliphatic rings.